The van der Waals surface area contributed by atoms with Gasteiger partial charge in [0.25, 0.3) is 0 Å². The Morgan fingerprint density at radius 2 is 1.88 bits per heavy atom. The van der Waals surface area contributed by atoms with Crippen LogP contribution >= 0.6 is 11.3 Å². The fourth-order valence-corrected chi connectivity index (χ4v) is 4.08. The van der Waals surface area contributed by atoms with E-state index in [2.05, 4.69) is 71.2 Å². The van der Waals surface area contributed by atoms with Gasteiger partial charge in [0.15, 0.2) is 4.80 Å². The number of rotatable bonds is 4. The highest BCUT2D eigenvalue weighted by atomic mass is 32.1. The van der Waals surface area contributed by atoms with Crippen molar-refractivity contribution >= 4 is 27.8 Å². The summed E-state index contributed by atoms with van der Waals surface area (Å²) >= 11 is 1.68. The van der Waals surface area contributed by atoms with Crippen molar-refractivity contribution in [2.24, 2.45) is 10.9 Å². The number of hydrogen-bond donors (Lipinski definition) is 0. The van der Waals surface area contributed by atoms with Crippen LogP contribution in [0.25, 0.3) is 22.0 Å². The molecule has 0 saturated heterocycles. The van der Waals surface area contributed by atoms with E-state index in [1.165, 1.54) is 22.0 Å². The minimum atomic E-state index is 0.533. The van der Waals surface area contributed by atoms with Crippen molar-refractivity contribution in [2.75, 3.05) is 0 Å². The van der Waals surface area contributed by atoms with E-state index in [1.807, 2.05) is 12.1 Å². The van der Waals surface area contributed by atoms with Crippen molar-refractivity contribution in [1.82, 2.24) is 9.55 Å². The maximum absolute atomic E-state index is 4.84. The maximum Gasteiger partial charge on any atom is 0.190 e. The van der Waals surface area contributed by atoms with Crippen LogP contribution in [0.2, 0.25) is 0 Å². The van der Waals surface area contributed by atoms with Crippen molar-refractivity contribution < 1.29 is 0 Å². The summed E-state index contributed by atoms with van der Waals surface area (Å²) in [6.07, 6.45) is 3.58. The standard InChI is InChI=1S/C22H21N3S/c1-16(2)14-25-21(15-26-22(25)24-18-9-6-12-23-13-18)20-11-5-8-17-7-3-4-10-19(17)20/h3-13,15-16H,14H2,1-2H3. The lowest BCUT2D eigenvalue weighted by Gasteiger charge is -2.13. The molecule has 0 N–H and O–H groups in total. The van der Waals surface area contributed by atoms with Crippen molar-refractivity contribution in [3.8, 4) is 11.3 Å². The first-order chi connectivity index (χ1) is 12.7. The Morgan fingerprint density at radius 3 is 2.69 bits per heavy atom. The lowest BCUT2D eigenvalue weighted by molar-refractivity contribution is 0.518. The highest BCUT2D eigenvalue weighted by molar-refractivity contribution is 7.07. The zero-order valence-corrected chi connectivity index (χ0v) is 15.8. The van der Waals surface area contributed by atoms with Crippen LogP contribution in [-0.2, 0) is 6.54 Å². The molecule has 0 aliphatic heterocycles. The van der Waals surface area contributed by atoms with Crippen LogP contribution in [0.1, 0.15) is 13.8 Å². The van der Waals surface area contributed by atoms with Gasteiger partial charge in [-0.2, -0.15) is 0 Å². The average molecular weight is 359 g/mol. The highest BCUT2D eigenvalue weighted by Crippen LogP contribution is 2.29. The molecule has 3 nitrogen and oxygen atoms in total. The molecule has 4 heteroatoms. The summed E-state index contributed by atoms with van der Waals surface area (Å²) in [6.45, 7) is 5.41. The third-order valence-electron chi connectivity index (χ3n) is 4.28. The third-order valence-corrected chi connectivity index (χ3v) is 5.15. The van der Waals surface area contributed by atoms with E-state index in [1.54, 1.807) is 23.7 Å². The molecule has 0 amide bonds. The molecule has 130 valence electrons. The topological polar surface area (TPSA) is 30.2 Å². The van der Waals surface area contributed by atoms with Gasteiger partial charge in [-0.3, -0.25) is 4.98 Å². The van der Waals surface area contributed by atoms with Crippen LogP contribution in [0.15, 0.2) is 77.4 Å². The molecule has 0 aliphatic carbocycles. The van der Waals surface area contributed by atoms with E-state index in [9.17, 15) is 0 Å². The van der Waals surface area contributed by atoms with Crippen molar-refractivity contribution in [3.05, 3.63) is 77.2 Å². The second-order valence-corrected chi connectivity index (χ2v) is 7.59. The largest absolute Gasteiger partial charge is 0.316 e. The molecule has 2 aromatic carbocycles. The fraction of sp³-hybridized carbons (Fsp3) is 0.182. The molecule has 0 fully saturated rings. The molecule has 0 atom stereocenters. The van der Waals surface area contributed by atoms with Gasteiger partial charge in [-0.05, 0) is 28.8 Å². The SMILES string of the molecule is CC(C)Cn1c(-c2cccc3ccccc23)csc1=Nc1cccnc1. The molecule has 0 spiro atoms. The predicted octanol–water partition coefficient (Wildman–Crippen LogP) is 5.65. The minimum Gasteiger partial charge on any atom is -0.316 e. The second-order valence-electron chi connectivity index (χ2n) is 6.76. The van der Waals surface area contributed by atoms with Gasteiger partial charge in [0, 0.05) is 23.7 Å². The Labute approximate surface area is 157 Å². The van der Waals surface area contributed by atoms with Gasteiger partial charge in [0.2, 0.25) is 0 Å². The molecule has 0 aliphatic rings. The second kappa shape index (κ2) is 7.26. The van der Waals surface area contributed by atoms with Crippen LogP contribution in [0, 0.1) is 5.92 Å². The van der Waals surface area contributed by atoms with Gasteiger partial charge in [0.05, 0.1) is 17.6 Å². The van der Waals surface area contributed by atoms with Gasteiger partial charge in [-0.15, -0.1) is 11.3 Å². The normalized spacial score (nSPS) is 12.2. The van der Waals surface area contributed by atoms with Gasteiger partial charge >= 0.3 is 0 Å². The third kappa shape index (κ3) is 3.33. The van der Waals surface area contributed by atoms with Gasteiger partial charge in [0.1, 0.15) is 0 Å². The molecule has 26 heavy (non-hydrogen) atoms. The number of benzene rings is 2. The first kappa shape index (κ1) is 16.7. The molecule has 2 aromatic heterocycles. The summed E-state index contributed by atoms with van der Waals surface area (Å²) < 4.78 is 2.34. The molecule has 4 aromatic rings. The molecule has 0 unspecified atom stereocenters. The van der Waals surface area contributed by atoms with Crippen LogP contribution in [0.4, 0.5) is 5.69 Å². The van der Waals surface area contributed by atoms with E-state index in [-0.39, 0.29) is 0 Å². The van der Waals surface area contributed by atoms with Gasteiger partial charge in [-0.25, -0.2) is 4.99 Å². The van der Waals surface area contributed by atoms with Crippen molar-refractivity contribution in [1.29, 1.82) is 0 Å². The first-order valence-electron chi connectivity index (χ1n) is 8.83. The minimum absolute atomic E-state index is 0.533. The number of hydrogen-bond acceptors (Lipinski definition) is 3. The Balaban J connectivity index is 1.93. The summed E-state index contributed by atoms with van der Waals surface area (Å²) in [5.74, 6) is 0.533. The van der Waals surface area contributed by atoms with Crippen molar-refractivity contribution in [3.63, 3.8) is 0 Å². The predicted molar refractivity (Wildman–Crippen MR) is 110 cm³/mol. The lowest BCUT2D eigenvalue weighted by atomic mass is 10.0. The molecule has 4 rings (SSSR count). The van der Waals surface area contributed by atoms with Crippen LogP contribution in [0.3, 0.4) is 0 Å². The summed E-state index contributed by atoms with van der Waals surface area (Å²) in [5, 5.41) is 4.76. The smallest absolute Gasteiger partial charge is 0.190 e. The molecular formula is C22H21N3S. The molecule has 0 bridgehead atoms. The van der Waals surface area contributed by atoms with Crippen LogP contribution < -0.4 is 4.80 Å². The number of nitrogens with zero attached hydrogens (tertiary/aromatic N) is 3. The number of thiazole rings is 1. The van der Waals surface area contributed by atoms with Gasteiger partial charge in [-0.1, -0.05) is 56.3 Å². The average Bonchev–Trinajstić information content (AvgIpc) is 3.03. The molecule has 0 saturated carbocycles. The molecule has 2 heterocycles. The number of aromatic nitrogens is 2. The zero-order valence-electron chi connectivity index (χ0n) is 15.0. The Hall–Kier alpha value is -2.72. The molecular weight excluding hydrogens is 338 g/mol. The highest BCUT2D eigenvalue weighted by Gasteiger charge is 2.12. The maximum atomic E-state index is 4.84. The van der Waals surface area contributed by atoms with E-state index in [4.69, 9.17) is 4.99 Å². The van der Waals surface area contributed by atoms with E-state index in [0.717, 1.165) is 17.0 Å². The Bertz CT molecular complexity index is 1090. The van der Waals surface area contributed by atoms with E-state index < -0.39 is 0 Å². The summed E-state index contributed by atoms with van der Waals surface area (Å²) in [4.78, 5) is 10.0. The number of pyridine rings is 1. The fourth-order valence-electron chi connectivity index (χ4n) is 3.16. The Kier molecular flexibility index (Phi) is 4.67. The summed E-state index contributed by atoms with van der Waals surface area (Å²) in [6, 6.07) is 19.0. The van der Waals surface area contributed by atoms with Crippen molar-refractivity contribution in [2.45, 2.75) is 20.4 Å². The summed E-state index contributed by atoms with van der Waals surface area (Å²) in [7, 11) is 0. The quantitative estimate of drug-likeness (QED) is 0.463. The number of fused-ring (bicyclic) bond motifs is 1. The summed E-state index contributed by atoms with van der Waals surface area (Å²) in [5.41, 5.74) is 3.37. The lowest BCUT2D eigenvalue weighted by Crippen LogP contribution is -2.19. The monoisotopic (exact) mass is 359 g/mol. The van der Waals surface area contributed by atoms with E-state index >= 15 is 0 Å². The zero-order chi connectivity index (χ0) is 17.9. The van der Waals surface area contributed by atoms with Crippen LogP contribution in [-0.4, -0.2) is 9.55 Å². The first-order valence-corrected chi connectivity index (χ1v) is 9.71. The van der Waals surface area contributed by atoms with Crippen LogP contribution in [0.5, 0.6) is 0 Å². The van der Waals surface area contributed by atoms with E-state index in [0.29, 0.717) is 5.92 Å². The molecule has 0 radical (unpaired) electrons. The van der Waals surface area contributed by atoms with Gasteiger partial charge < -0.3 is 4.57 Å². The Morgan fingerprint density at radius 1 is 1.04 bits per heavy atom.